The van der Waals surface area contributed by atoms with Crippen LogP contribution in [0.25, 0.3) is 0 Å². The summed E-state index contributed by atoms with van der Waals surface area (Å²) in [5, 5.41) is 2.44. The Morgan fingerprint density at radius 3 is 2.57 bits per heavy atom. The Morgan fingerprint density at radius 1 is 1.29 bits per heavy atom. The van der Waals surface area contributed by atoms with Gasteiger partial charge in [0.15, 0.2) is 0 Å². The van der Waals surface area contributed by atoms with Gasteiger partial charge in [0.1, 0.15) is 6.04 Å². The number of hydrogen-bond donors (Lipinski definition) is 1. The number of piperazine rings is 1. The molecular formula is C14H15F3N2O2. The van der Waals surface area contributed by atoms with E-state index in [9.17, 15) is 22.8 Å². The van der Waals surface area contributed by atoms with Crippen LogP contribution < -0.4 is 5.32 Å². The van der Waals surface area contributed by atoms with Crippen LogP contribution in [0.4, 0.5) is 13.2 Å². The minimum absolute atomic E-state index is 0.00787. The van der Waals surface area contributed by atoms with Crippen molar-refractivity contribution < 1.29 is 22.8 Å². The first-order valence-corrected chi connectivity index (χ1v) is 6.57. The van der Waals surface area contributed by atoms with Gasteiger partial charge in [-0.15, -0.1) is 0 Å². The van der Waals surface area contributed by atoms with E-state index in [-0.39, 0.29) is 30.5 Å². The molecular weight excluding hydrogens is 285 g/mol. The molecule has 1 aromatic carbocycles. The van der Waals surface area contributed by atoms with E-state index in [2.05, 4.69) is 5.32 Å². The predicted octanol–water partition coefficient (Wildman–Crippen LogP) is 1.94. The number of nitrogens with zero attached hydrogens (tertiary/aromatic N) is 1. The number of carbonyl (C=O) groups excluding carboxylic acids is 2. The van der Waals surface area contributed by atoms with Gasteiger partial charge in [0, 0.05) is 6.54 Å². The van der Waals surface area contributed by atoms with Crippen molar-refractivity contribution in [3.05, 3.63) is 35.4 Å². The van der Waals surface area contributed by atoms with Gasteiger partial charge in [0.05, 0.1) is 12.1 Å². The Hall–Kier alpha value is -2.05. The predicted molar refractivity (Wildman–Crippen MR) is 69.1 cm³/mol. The molecule has 1 heterocycles. The minimum atomic E-state index is -4.49. The first-order valence-electron chi connectivity index (χ1n) is 6.57. The number of nitrogens with one attached hydrogen (secondary N) is 1. The zero-order valence-electron chi connectivity index (χ0n) is 11.4. The van der Waals surface area contributed by atoms with Crippen LogP contribution in [0.1, 0.15) is 24.5 Å². The van der Waals surface area contributed by atoms with Gasteiger partial charge >= 0.3 is 6.18 Å². The third-order valence-electron chi connectivity index (χ3n) is 3.46. The van der Waals surface area contributed by atoms with E-state index in [4.69, 9.17) is 0 Å². The van der Waals surface area contributed by atoms with Crippen molar-refractivity contribution in [2.24, 2.45) is 0 Å². The van der Waals surface area contributed by atoms with E-state index in [1.807, 2.05) is 0 Å². The molecule has 1 aromatic rings. The van der Waals surface area contributed by atoms with Crippen molar-refractivity contribution in [3.8, 4) is 0 Å². The van der Waals surface area contributed by atoms with Crippen LogP contribution in [0.5, 0.6) is 0 Å². The second kappa shape index (κ2) is 5.75. The zero-order valence-corrected chi connectivity index (χ0v) is 11.4. The van der Waals surface area contributed by atoms with E-state index >= 15 is 0 Å². The molecule has 21 heavy (non-hydrogen) atoms. The van der Waals surface area contributed by atoms with Gasteiger partial charge in [0.2, 0.25) is 11.8 Å². The molecule has 1 atom stereocenters. The highest BCUT2D eigenvalue weighted by atomic mass is 19.4. The van der Waals surface area contributed by atoms with Crippen molar-refractivity contribution in [2.45, 2.75) is 32.1 Å². The minimum Gasteiger partial charge on any atom is -0.345 e. The lowest BCUT2D eigenvalue weighted by molar-refractivity contribution is -0.147. The highest BCUT2D eigenvalue weighted by molar-refractivity contribution is 5.94. The molecule has 0 aliphatic carbocycles. The average molecular weight is 300 g/mol. The van der Waals surface area contributed by atoms with E-state index in [0.717, 1.165) is 6.07 Å². The number of benzene rings is 1. The second-order valence-electron chi connectivity index (χ2n) is 4.82. The molecule has 0 spiro atoms. The highest BCUT2D eigenvalue weighted by Crippen LogP contribution is 2.32. The zero-order chi connectivity index (χ0) is 15.6. The number of alkyl halides is 3. The fraction of sp³-hybridized carbons (Fsp3) is 0.429. The normalized spacial score (nSPS) is 19.6. The van der Waals surface area contributed by atoms with E-state index in [0.29, 0.717) is 6.42 Å². The van der Waals surface area contributed by atoms with Gasteiger partial charge < -0.3 is 10.2 Å². The summed E-state index contributed by atoms with van der Waals surface area (Å²) in [6.07, 6.45) is -4.13. The lowest BCUT2D eigenvalue weighted by atomic mass is 10.0. The molecule has 1 unspecified atom stereocenters. The summed E-state index contributed by atoms with van der Waals surface area (Å²) in [4.78, 5) is 24.8. The van der Waals surface area contributed by atoms with Crippen molar-refractivity contribution >= 4 is 11.8 Å². The number of hydrogen-bond acceptors (Lipinski definition) is 2. The fourth-order valence-electron chi connectivity index (χ4n) is 2.42. The van der Waals surface area contributed by atoms with Gasteiger partial charge in [-0.1, -0.05) is 25.1 Å². The molecule has 0 aromatic heterocycles. The Kier molecular flexibility index (Phi) is 4.20. The molecule has 7 heteroatoms. The molecule has 1 aliphatic heterocycles. The molecule has 2 rings (SSSR count). The molecule has 1 aliphatic rings. The average Bonchev–Trinajstić information content (AvgIpc) is 2.42. The van der Waals surface area contributed by atoms with Crippen LogP contribution in [-0.4, -0.2) is 29.3 Å². The monoisotopic (exact) mass is 300 g/mol. The summed E-state index contributed by atoms with van der Waals surface area (Å²) in [5.74, 6) is -0.708. The summed E-state index contributed by atoms with van der Waals surface area (Å²) in [5.41, 5.74) is -0.787. The first kappa shape index (κ1) is 15.3. The molecule has 0 radical (unpaired) electrons. The lowest BCUT2D eigenvalue weighted by Gasteiger charge is -2.35. The van der Waals surface area contributed by atoms with Gasteiger partial charge in [-0.3, -0.25) is 9.59 Å². The maximum atomic E-state index is 13.0. The molecule has 0 bridgehead atoms. The number of amides is 2. The van der Waals surface area contributed by atoms with Crippen LogP contribution in [0, 0.1) is 0 Å². The summed E-state index contributed by atoms with van der Waals surface area (Å²) >= 11 is 0. The number of carbonyl (C=O) groups is 2. The Balaban J connectivity index is 2.32. The molecule has 4 nitrogen and oxygen atoms in total. The van der Waals surface area contributed by atoms with Crippen LogP contribution >= 0.6 is 0 Å². The van der Waals surface area contributed by atoms with Crippen LogP contribution in [0.2, 0.25) is 0 Å². The van der Waals surface area contributed by atoms with E-state index in [1.54, 1.807) is 6.92 Å². The maximum absolute atomic E-state index is 13.0. The number of halogens is 3. The largest absolute Gasteiger partial charge is 0.416 e. The maximum Gasteiger partial charge on any atom is 0.416 e. The Labute approximate surface area is 119 Å². The molecule has 114 valence electrons. The molecule has 1 saturated heterocycles. The van der Waals surface area contributed by atoms with Crippen molar-refractivity contribution in [2.75, 3.05) is 6.54 Å². The van der Waals surface area contributed by atoms with Gasteiger partial charge in [-0.05, 0) is 18.1 Å². The highest BCUT2D eigenvalue weighted by Gasteiger charge is 2.37. The van der Waals surface area contributed by atoms with Crippen molar-refractivity contribution in [1.29, 1.82) is 0 Å². The number of rotatable bonds is 3. The topological polar surface area (TPSA) is 49.4 Å². The van der Waals surface area contributed by atoms with Crippen molar-refractivity contribution in [3.63, 3.8) is 0 Å². The molecule has 1 N–H and O–H groups in total. The van der Waals surface area contributed by atoms with Crippen molar-refractivity contribution in [1.82, 2.24) is 10.2 Å². The lowest BCUT2D eigenvalue weighted by Crippen LogP contribution is -2.57. The van der Waals surface area contributed by atoms with Crippen LogP contribution in [0.3, 0.4) is 0 Å². The summed E-state index contributed by atoms with van der Waals surface area (Å²) in [6.45, 7) is 1.31. The van der Waals surface area contributed by atoms with Gasteiger partial charge in [-0.25, -0.2) is 0 Å². The second-order valence-corrected chi connectivity index (χ2v) is 4.82. The Bertz CT molecular complexity index is 557. The first-order chi connectivity index (χ1) is 9.84. The quantitative estimate of drug-likeness (QED) is 0.927. The molecule has 2 amide bonds. The summed E-state index contributed by atoms with van der Waals surface area (Å²) < 4.78 is 38.9. The van der Waals surface area contributed by atoms with E-state index in [1.165, 1.54) is 23.1 Å². The fourth-order valence-corrected chi connectivity index (χ4v) is 2.42. The summed E-state index contributed by atoms with van der Waals surface area (Å²) in [6, 6.07) is 4.36. The third kappa shape index (κ3) is 3.17. The molecule has 1 fully saturated rings. The summed E-state index contributed by atoms with van der Waals surface area (Å²) in [7, 11) is 0. The Morgan fingerprint density at radius 2 is 1.95 bits per heavy atom. The SMILES string of the molecule is CCC1C(=O)NCC(=O)N1Cc1ccccc1C(F)(F)F. The molecule has 0 saturated carbocycles. The van der Waals surface area contributed by atoms with Crippen LogP contribution in [-0.2, 0) is 22.3 Å². The smallest absolute Gasteiger partial charge is 0.345 e. The van der Waals surface area contributed by atoms with Gasteiger partial charge in [0.25, 0.3) is 0 Å². The standard InChI is InChI=1S/C14H15F3N2O2/c1-2-11-13(21)18-7-12(20)19(11)8-9-5-3-4-6-10(9)14(15,16)17/h3-6,11H,2,7-8H2,1H3,(H,18,21). The van der Waals surface area contributed by atoms with E-state index < -0.39 is 17.8 Å². The van der Waals surface area contributed by atoms with Crippen LogP contribution in [0.15, 0.2) is 24.3 Å². The van der Waals surface area contributed by atoms with Gasteiger partial charge in [-0.2, -0.15) is 13.2 Å². The third-order valence-corrected chi connectivity index (χ3v) is 3.46.